The number of nitrogens with one attached hydrogen (secondary N) is 2. The molecule has 1 rings (SSSR count). The van der Waals surface area contributed by atoms with Crippen molar-refractivity contribution in [3.8, 4) is 5.75 Å². The molecule has 0 saturated heterocycles. The maximum atomic E-state index is 13.2. The largest absolute Gasteiger partial charge is 0.494 e. The summed E-state index contributed by atoms with van der Waals surface area (Å²) in [6.45, 7) is 4.15. The van der Waals surface area contributed by atoms with Crippen molar-refractivity contribution in [3.63, 3.8) is 0 Å². The fourth-order valence-electron chi connectivity index (χ4n) is 1.74. The van der Waals surface area contributed by atoms with Crippen molar-refractivity contribution in [1.82, 2.24) is 10.6 Å². The predicted octanol–water partition coefficient (Wildman–Crippen LogP) is 1.69. The lowest BCUT2D eigenvalue weighted by atomic mass is 10.1. The first-order chi connectivity index (χ1) is 9.97. The van der Waals surface area contributed by atoms with Crippen LogP contribution in [0.1, 0.15) is 19.4 Å². The molecule has 0 radical (unpaired) electrons. The number of hydrogen-bond acceptors (Lipinski definition) is 3. The third kappa shape index (κ3) is 5.59. The van der Waals surface area contributed by atoms with Crippen molar-refractivity contribution >= 4 is 6.03 Å². The summed E-state index contributed by atoms with van der Waals surface area (Å²) in [6, 6.07) is 4.23. The Morgan fingerprint density at radius 1 is 1.43 bits per heavy atom. The average Bonchev–Trinajstić information content (AvgIpc) is 2.47. The first kappa shape index (κ1) is 17.2. The molecular weight excluding hydrogens is 275 g/mol. The molecule has 118 valence electrons. The van der Waals surface area contributed by atoms with Crippen molar-refractivity contribution < 1.29 is 19.0 Å². The van der Waals surface area contributed by atoms with E-state index in [0.717, 1.165) is 5.56 Å². The normalized spacial score (nSPS) is 13.4. The van der Waals surface area contributed by atoms with Gasteiger partial charge in [-0.05, 0) is 37.0 Å². The Labute approximate surface area is 124 Å². The highest BCUT2D eigenvalue weighted by Gasteiger charge is 2.13. The van der Waals surface area contributed by atoms with Crippen molar-refractivity contribution in [2.24, 2.45) is 5.92 Å². The number of benzene rings is 1. The van der Waals surface area contributed by atoms with Crippen LogP contribution < -0.4 is 15.4 Å². The number of halogens is 1. The van der Waals surface area contributed by atoms with E-state index in [-0.39, 0.29) is 30.3 Å². The lowest BCUT2D eigenvalue weighted by Crippen LogP contribution is -2.44. The van der Waals surface area contributed by atoms with Gasteiger partial charge in [0.1, 0.15) is 0 Å². The number of carbonyl (C=O) groups is 1. The van der Waals surface area contributed by atoms with Gasteiger partial charge in [-0.2, -0.15) is 0 Å². The second-order valence-corrected chi connectivity index (χ2v) is 5.07. The average molecular weight is 298 g/mol. The number of ether oxygens (including phenoxy) is 1. The fourth-order valence-corrected chi connectivity index (χ4v) is 1.74. The third-order valence-corrected chi connectivity index (χ3v) is 3.42. The first-order valence-electron chi connectivity index (χ1n) is 6.95. The van der Waals surface area contributed by atoms with Crippen LogP contribution in [0.2, 0.25) is 0 Å². The number of aliphatic hydroxyl groups is 1. The standard InChI is InChI=1S/C15H23FN2O3/c1-10(9-19)11(2)18-15(20)17-7-6-12-4-5-13(16)14(8-12)21-3/h4-5,8,10-11,19H,6-7,9H2,1-3H3,(H2,17,18,20). The van der Waals surface area contributed by atoms with Gasteiger partial charge >= 0.3 is 6.03 Å². The zero-order valence-electron chi connectivity index (χ0n) is 12.6. The van der Waals surface area contributed by atoms with E-state index in [9.17, 15) is 9.18 Å². The number of urea groups is 1. The van der Waals surface area contributed by atoms with E-state index < -0.39 is 5.82 Å². The van der Waals surface area contributed by atoms with Crippen LogP contribution in [0.15, 0.2) is 18.2 Å². The minimum atomic E-state index is -0.404. The van der Waals surface area contributed by atoms with Crippen LogP contribution in [0.4, 0.5) is 9.18 Å². The second-order valence-electron chi connectivity index (χ2n) is 5.07. The number of amides is 2. The molecule has 0 heterocycles. The number of methoxy groups -OCH3 is 1. The number of hydrogen-bond donors (Lipinski definition) is 3. The molecule has 1 aromatic rings. The predicted molar refractivity (Wildman–Crippen MR) is 78.9 cm³/mol. The topological polar surface area (TPSA) is 70.6 Å². The molecule has 0 spiro atoms. The van der Waals surface area contributed by atoms with E-state index in [2.05, 4.69) is 10.6 Å². The van der Waals surface area contributed by atoms with Crippen molar-refractivity contribution in [1.29, 1.82) is 0 Å². The van der Waals surface area contributed by atoms with Gasteiger partial charge in [-0.3, -0.25) is 0 Å². The van der Waals surface area contributed by atoms with Crippen molar-refractivity contribution in [3.05, 3.63) is 29.6 Å². The van der Waals surface area contributed by atoms with Gasteiger partial charge in [0.2, 0.25) is 0 Å². The monoisotopic (exact) mass is 298 g/mol. The van der Waals surface area contributed by atoms with Gasteiger partial charge < -0.3 is 20.5 Å². The molecule has 0 aliphatic rings. The van der Waals surface area contributed by atoms with Gasteiger partial charge in [0, 0.05) is 19.2 Å². The van der Waals surface area contributed by atoms with E-state index >= 15 is 0 Å². The third-order valence-electron chi connectivity index (χ3n) is 3.42. The summed E-state index contributed by atoms with van der Waals surface area (Å²) in [5.41, 5.74) is 0.880. The van der Waals surface area contributed by atoms with E-state index in [1.807, 2.05) is 13.8 Å². The van der Waals surface area contributed by atoms with Gasteiger partial charge in [0.25, 0.3) is 0 Å². The molecular formula is C15H23FN2O3. The first-order valence-corrected chi connectivity index (χ1v) is 6.95. The van der Waals surface area contributed by atoms with Gasteiger partial charge in [0.15, 0.2) is 11.6 Å². The molecule has 2 amide bonds. The van der Waals surface area contributed by atoms with Crippen LogP contribution in [0, 0.1) is 11.7 Å². The summed E-state index contributed by atoms with van der Waals surface area (Å²) in [6.07, 6.45) is 0.577. The zero-order valence-corrected chi connectivity index (χ0v) is 12.6. The minimum absolute atomic E-state index is 0.00268. The summed E-state index contributed by atoms with van der Waals surface area (Å²) in [4.78, 5) is 11.7. The number of rotatable bonds is 7. The minimum Gasteiger partial charge on any atom is -0.494 e. The highest BCUT2D eigenvalue weighted by molar-refractivity contribution is 5.74. The summed E-state index contributed by atoms with van der Waals surface area (Å²) < 4.78 is 18.2. The van der Waals surface area contributed by atoms with E-state index in [0.29, 0.717) is 13.0 Å². The van der Waals surface area contributed by atoms with Crippen LogP contribution in [-0.4, -0.2) is 37.4 Å². The van der Waals surface area contributed by atoms with Crippen molar-refractivity contribution in [2.45, 2.75) is 26.3 Å². The Morgan fingerprint density at radius 2 is 2.14 bits per heavy atom. The second kappa shape index (κ2) is 8.46. The molecule has 21 heavy (non-hydrogen) atoms. The van der Waals surface area contributed by atoms with Gasteiger partial charge in [0.05, 0.1) is 7.11 Å². The van der Waals surface area contributed by atoms with Gasteiger partial charge in [-0.1, -0.05) is 13.0 Å². The maximum absolute atomic E-state index is 13.2. The highest BCUT2D eigenvalue weighted by atomic mass is 19.1. The molecule has 2 atom stereocenters. The van der Waals surface area contributed by atoms with Crippen LogP contribution in [0.25, 0.3) is 0 Å². The molecule has 0 aliphatic heterocycles. The smallest absolute Gasteiger partial charge is 0.315 e. The lowest BCUT2D eigenvalue weighted by molar-refractivity contribution is 0.200. The van der Waals surface area contributed by atoms with Crippen LogP contribution in [0.5, 0.6) is 5.75 Å². The molecule has 3 N–H and O–H groups in total. The molecule has 0 aliphatic carbocycles. The number of aliphatic hydroxyl groups excluding tert-OH is 1. The molecule has 6 heteroatoms. The number of carbonyl (C=O) groups excluding carboxylic acids is 1. The molecule has 1 aromatic carbocycles. The summed E-state index contributed by atoms with van der Waals surface area (Å²) in [5, 5.41) is 14.5. The Hall–Kier alpha value is -1.82. The van der Waals surface area contributed by atoms with E-state index in [1.165, 1.54) is 13.2 Å². The molecule has 0 aromatic heterocycles. The SMILES string of the molecule is COc1cc(CCNC(=O)NC(C)C(C)CO)ccc1F. The summed E-state index contributed by atoms with van der Waals surface area (Å²) in [7, 11) is 1.41. The summed E-state index contributed by atoms with van der Waals surface area (Å²) >= 11 is 0. The van der Waals surface area contributed by atoms with Crippen LogP contribution >= 0.6 is 0 Å². The molecule has 0 bridgehead atoms. The van der Waals surface area contributed by atoms with Gasteiger partial charge in [-0.25, -0.2) is 9.18 Å². The van der Waals surface area contributed by atoms with Crippen LogP contribution in [0.3, 0.4) is 0 Å². The Bertz CT molecular complexity index is 468. The fraction of sp³-hybridized carbons (Fsp3) is 0.533. The Kier molecular flexibility index (Phi) is 6.94. The van der Waals surface area contributed by atoms with Gasteiger partial charge in [-0.15, -0.1) is 0 Å². The molecule has 5 nitrogen and oxygen atoms in total. The quantitative estimate of drug-likeness (QED) is 0.717. The molecule has 2 unspecified atom stereocenters. The van der Waals surface area contributed by atoms with E-state index in [1.54, 1.807) is 12.1 Å². The molecule has 0 fully saturated rings. The maximum Gasteiger partial charge on any atom is 0.315 e. The van der Waals surface area contributed by atoms with Crippen molar-refractivity contribution in [2.75, 3.05) is 20.3 Å². The summed E-state index contributed by atoms with van der Waals surface area (Å²) in [5.74, 6) is -0.210. The lowest BCUT2D eigenvalue weighted by Gasteiger charge is -2.19. The molecule has 0 saturated carbocycles. The van der Waals surface area contributed by atoms with Crippen LogP contribution in [-0.2, 0) is 6.42 Å². The Morgan fingerprint density at radius 3 is 2.76 bits per heavy atom. The Balaban J connectivity index is 2.38. The van der Waals surface area contributed by atoms with E-state index in [4.69, 9.17) is 9.84 Å². The highest BCUT2D eigenvalue weighted by Crippen LogP contribution is 2.18. The zero-order chi connectivity index (χ0) is 15.8.